The van der Waals surface area contributed by atoms with Crippen molar-refractivity contribution >= 4 is 5.82 Å². The molecular weight excluding hydrogens is 258 g/mol. The highest BCUT2D eigenvalue weighted by Gasteiger charge is 2.18. The second kappa shape index (κ2) is 7.47. The molecular formula is C18H29N3. The maximum absolute atomic E-state index is 5.47. The standard InChI is InChI=1S/C18H29N3/c1-8-10-21(9-2)17-12-15(13-19-14(3)4)11-16(20-17)18(5,6)7/h1,11-12,14,19H,9-10,13H2,2-7H3. The van der Waals surface area contributed by atoms with Crippen molar-refractivity contribution in [2.45, 2.75) is 59.5 Å². The number of terminal acetylenes is 1. The number of rotatable bonds is 6. The van der Waals surface area contributed by atoms with Crippen molar-refractivity contribution in [3.63, 3.8) is 0 Å². The summed E-state index contributed by atoms with van der Waals surface area (Å²) in [4.78, 5) is 6.96. The minimum Gasteiger partial charge on any atom is -0.346 e. The van der Waals surface area contributed by atoms with E-state index in [4.69, 9.17) is 11.4 Å². The normalized spacial score (nSPS) is 11.5. The third kappa shape index (κ3) is 5.40. The Kier molecular flexibility index (Phi) is 6.23. The molecule has 0 fully saturated rings. The Morgan fingerprint density at radius 1 is 1.33 bits per heavy atom. The molecule has 1 N–H and O–H groups in total. The van der Waals surface area contributed by atoms with Gasteiger partial charge in [0.1, 0.15) is 5.82 Å². The minimum absolute atomic E-state index is 0.0259. The van der Waals surface area contributed by atoms with Crippen molar-refractivity contribution < 1.29 is 0 Å². The predicted octanol–water partition coefficient (Wildman–Crippen LogP) is 3.34. The highest BCUT2D eigenvalue weighted by molar-refractivity contribution is 5.45. The molecule has 21 heavy (non-hydrogen) atoms. The van der Waals surface area contributed by atoms with Gasteiger partial charge in [-0.3, -0.25) is 0 Å². The van der Waals surface area contributed by atoms with Gasteiger partial charge in [-0.1, -0.05) is 40.5 Å². The van der Waals surface area contributed by atoms with E-state index in [2.05, 4.69) is 69.8 Å². The highest BCUT2D eigenvalue weighted by Crippen LogP contribution is 2.25. The highest BCUT2D eigenvalue weighted by atomic mass is 15.2. The summed E-state index contributed by atoms with van der Waals surface area (Å²) in [5, 5.41) is 3.47. The van der Waals surface area contributed by atoms with Crippen molar-refractivity contribution in [3.8, 4) is 12.3 Å². The number of nitrogens with zero attached hydrogens (tertiary/aromatic N) is 2. The first-order chi connectivity index (χ1) is 9.77. The summed E-state index contributed by atoms with van der Waals surface area (Å²) in [6.07, 6.45) is 5.47. The van der Waals surface area contributed by atoms with Crippen LogP contribution in [-0.4, -0.2) is 24.1 Å². The van der Waals surface area contributed by atoms with E-state index in [0.717, 1.165) is 24.6 Å². The molecule has 1 aromatic rings. The van der Waals surface area contributed by atoms with E-state index in [9.17, 15) is 0 Å². The molecule has 3 nitrogen and oxygen atoms in total. The lowest BCUT2D eigenvalue weighted by Gasteiger charge is -2.25. The molecule has 0 aliphatic heterocycles. The van der Waals surface area contributed by atoms with Crippen LogP contribution in [0.2, 0.25) is 0 Å². The molecule has 1 heterocycles. The van der Waals surface area contributed by atoms with Crippen LogP contribution in [-0.2, 0) is 12.0 Å². The molecule has 0 aliphatic rings. The molecule has 0 spiro atoms. The number of hydrogen-bond donors (Lipinski definition) is 1. The lowest BCUT2D eigenvalue weighted by Crippen LogP contribution is -2.27. The molecule has 0 atom stereocenters. The molecule has 0 saturated heterocycles. The maximum Gasteiger partial charge on any atom is 0.129 e. The van der Waals surface area contributed by atoms with Crippen molar-refractivity contribution in [2.24, 2.45) is 0 Å². The second-order valence-electron chi connectivity index (χ2n) is 6.72. The topological polar surface area (TPSA) is 28.2 Å². The summed E-state index contributed by atoms with van der Waals surface area (Å²) in [6.45, 7) is 15.3. The summed E-state index contributed by atoms with van der Waals surface area (Å²) >= 11 is 0. The number of hydrogen-bond acceptors (Lipinski definition) is 3. The molecule has 3 heteroatoms. The molecule has 116 valence electrons. The van der Waals surface area contributed by atoms with Crippen LogP contribution < -0.4 is 10.2 Å². The van der Waals surface area contributed by atoms with Gasteiger partial charge in [-0.25, -0.2) is 4.98 Å². The lowest BCUT2D eigenvalue weighted by molar-refractivity contribution is 0.560. The molecule has 1 aromatic heterocycles. The fourth-order valence-electron chi connectivity index (χ4n) is 2.01. The summed E-state index contributed by atoms with van der Waals surface area (Å²) in [5.41, 5.74) is 2.39. The zero-order chi connectivity index (χ0) is 16.0. The molecule has 0 bridgehead atoms. The quantitative estimate of drug-likeness (QED) is 0.813. The first-order valence-corrected chi connectivity index (χ1v) is 7.71. The largest absolute Gasteiger partial charge is 0.346 e. The summed E-state index contributed by atoms with van der Waals surface area (Å²) in [7, 11) is 0. The molecule has 1 rings (SSSR count). The van der Waals surface area contributed by atoms with Gasteiger partial charge in [0.25, 0.3) is 0 Å². The van der Waals surface area contributed by atoms with Crippen molar-refractivity contribution in [3.05, 3.63) is 23.4 Å². The van der Waals surface area contributed by atoms with Gasteiger partial charge in [-0.05, 0) is 24.6 Å². The minimum atomic E-state index is 0.0259. The van der Waals surface area contributed by atoms with E-state index in [1.807, 2.05) is 0 Å². The average Bonchev–Trinajstić information content (AvgIpc) is 2.41. The lowest BCUT2D eigenvalue weighted by atomic mass is 9.90. The Hall–Kier alpha value is -1.53. The predicted molar refractivity (Wildman–Crippen MR) is 91.6 cm³/mol. The zero-order valence-electron chi connectivity index (χ0n) is 14.3. The summed E-state index contributed by atoms with van der Waals surface area (Å²) < 4.78 is 0. The first kappa shape index (κ1) is 17.5. The molecule has 0 aliphatic carbocycles. The third-order valence-corrected chi connectivity index (χ3v) is 3.34. The molecule has 0 radical (unpaired) electrons. The fraction of sp³-hybridized carbons (Fsp3) is 0.611. The first-order valence-electron chi connectivity index (χ1n) is 7.71. The monoisotopic (exact) mass is 287 g/mol. The average molecular weight is 287 g/mol. The van der Waals surface area contributed by atoms with Crippen LogP contribution in [0.4, 0.5) is 5.82 Å². The fourth-order valence-corrected chi connectivity index (χ4v) is 2.01. The Morgan fingerprint density at radius 2 is 2.00 bits per heavy atom. The van der Waals surface area contributed by atoms with E-state index in [0.29, 0.717) is 12.6 Å². The van der Waals surface area contributed by atoms with E-state index >= 15 is 0 Å². The van der Waals surface area contributed by atoms with Gasteiger partial charge in [0.15, 0.2) is 0 Å². The maximum atomic E-state index is 5.47. The number of pyridine rings is 1. The molecule has 0 unspecified atom stereocenters. The van der Waals surface area contributed by atoms with Crippen LogP contribution in [0, 0.1) is 12.3 Å². The van der Waals surface area contributed by atoms with Crippen LogP contribution in [0.25, 0.3) is 0 Å². The molecule has 0 amide bonds. The Morgan fingerprint density at radius 3 is 2.48 bits per heavy atom. The molecule has 0 aromatic carbocycles. The SMILES string of the molecule is C#CCN(CC)c1cc(CNC(C)C)cc(C(C)(C)C)n1. The van der Waals surface area contributed by atoms with Crippen LogP contribution in [0.5, 0.6) is 0 Å². The van der Waals surface area contributed by atoms with Gasteiger partial charge in [0.2, 0.25) is 0 Å². The van der Waals surface area contributed by atoms with Gasteiger partial charge >= 0.3 is 0 Å². The van der Waals surface area contributed by atoms with Gasteiger partial charge in [-0.15, -0.1) is 6.42 Å². The zero-order valence-corrected chi connectivity index (χ0v) is 14.3. The van der Waals surface area contributed by atoms with Crippen molar-refractivity contribution in [1.82, 2.24) is 10.3 Å². The van der Waals surface area contributed by atoms with Crippen LogP contribution in [0.3, 0.4) is 0 Å². The van der Waals surface area contributed by atoms with Crippen LogP contribution >= 0.6 is 0 Å². The van der Waals surface area contributed by atoms with Gasteiger partial charge in [0, 0.05) is 30.2 Å². The smallest absolute Gasteiger partial charge is 0.129 e. The summed E-state index contributed by atoms with van der Waals surface area (Å²) in [5.74, 6) is 3.69. The Balaban J connectivity index is 3.17. The van der Waals surface area contributed by atoms with Crippen LogP contribution in [0.1, 0.15) is 52.8 Å². The van der Waals surface area contributed by atoms with Gasteiger partial charge in [-0.2, -0.15) is 0 Å². The van der Waals surface area contributed by atoms with E-state index < -0.39 is 0 Å². The second-order valence-corrected chi connectivity index (χ2v) is 6.72. The number of aromatic nitrogens is 1. The number of nitrogens with one attached hydrogen (secondary N) is 1. The van der Waals surface area contributed by atoms with E-state index in [1.54, 1.807) is 0 Å². The summed E-state index contributed by atoms with van der Waals surface area (Å²) in [6, 6.07) is 4.81. The van der Waals surface area contributed by atoms with Gasteiger partial charge < -0.3 is 10.2 Å². The third-order valence-electron chi connectivity index (χ3n) is 3.34. The van der Waals surface area contributed by atoms with E-state index in [-0.39, 0.29) is 5.41 Å². The van der Waals surface area contributed by atoms with Gasteiger partial charge in [0.05, 0.1) is 6.54 Å². The van der Waals surface area contributed by atoms with Crippen molar-refractivity contribution in [2.75, 3.05) is 18.0 Å². The molecule has 0 saturated carbocycles. The van der Waals surface area contributed by atoms with Crippen molar-refractivity contribution in [1.29, 1.82) is 0 Å². The number of anilines is 1. The Labute approximate surface area is 130 Å². The van der Waals surface area contributed by atoms with Crippen LogP contribution in [0.15, 0.2) is 12.1 Å². The Bertz CT molecular complexity index is 492. The van der Waals surface area contributed by atoms with E-state index in [1.165, 1.54) is 5.56 Å².